The van der Waals surface area contributed by atoms with Crippen molar-refractivity contribution < 1.29 is 0 Å². The van der Waals surface area contributed by atoms with Gasteiger partial charge in [0.15, 0.2) is 0 Å². The number of nitrogens with zero attached hydrogens (tertiary/aromatic N) is 3. The van der Waals surface area contributed by atoms with Crippen molar-refractivity contribution in [3.05, 3.63) is 18.7 Å². The number of anilines is 1. The highest BCUT2D eigenvalue weighted by molar-refractivity contribution is 5.42. The Labute approximate surface area is 78.8 Å². The molecule has 13 heavy (non-hydrogen) atoms. The first-order valence-corrected chi connectivity index (χ1v) is 4.47. The predicted molar refractivity (Wildman–Crippen MR) is 53.6 cm³/mol. The van der Waals surface area contributed by atoms with Crippen molar-refractivity contribution in [1.29, 1.82) is 0 Å². The van der Waals surface area contributed by atoms with Gasteiger partial charge < -0.3 is 10.6 Å². The lowest BCUT2D eigenvalue weighted by molar-refractivity contribution is 0.681. The van der Waals surface area contributed by atoms with E-state index < -0.39 is 0 Å². The van der Waals surface area contributed by atoms with Gasteiger partial charge in [0.25, 0.3) is 0 Å². The molecule has 0 amide bonds. The number of rotatable bonds is 4. The lowest BCUT2D eigenvalue weighted by Gasteiger charge is -2.27. The lowest BCUT2D eigenvalue weighted by atomic mass is 10.3. The Kier molecular flexibility index (Phi) is 3.64. The van der Waals surface area contributed by atoms with Crippen LogP contribution in [0.1, 0.15) is 13.8 Å². The highest BCUT2D eigenvalue weighted by Crippen LogP contribution is 2.12. The average Bonchev–Trinajstić information content (AvgIpc) is 2.15. The van der Waals surface area contributed by atoms with Crippen molar-refractivity contribution >= 4 is 5.69 Å². The highest BCUT2D eigenvalue weighted by atomic mass is 15.2. The molecule has 0 fully saturated rings. The molecule has 0 radical (unpaired) electrons. The van der Waals surface area contributed by atoms with E-state index in [1.807, 2.05) is 12.4 Å². The fourth-order valence-corrected chi connectivity index (χ4v) is 1.26. The molecule has 1 aromatic heterocycles. The van der Waals surface area contributed by atoms with Gasteiger partial charge in [-0.2, -0.15) is 0 Å². The number of hydrogen-bond donors (Lipinski definition) is 1. The zero-order valence-electron chi connectivity index (χ0n) is 8.14. The minimum absolute atomic E-state index is 0.426. The standard InChI is InChI=1S/C9H16N4/c1-8(2)13(4-3-10)9-5-11-7-12-6-9/h5-8H,3-4,10H2,1-2H3. The Morgan fingerprint density at radius 1 is 1.38 bits per heavy atom. The summed E-state index contributed by atoms with van der Waals surface area (Å²) in [5, 5.41) is 0. The second-order valence-corrected chi connectivity index (χ2v) is 3.17. The summed E-state index contributed by atoms with van der Waals surface area (Å²) in [4.78, 5) is 10.1. The molecule has 1 rings (SSSR count). The van der Waals surface area contributed by atoms with Crippen LogP contribution < -0.4 is 10.6 Å². The molecule has 4 nitrogen and oxygen atoms in total. The molecule has 0 aliphatic carbocycles. The number of nitrogens with two attached hydrogens (primary N) is 1. The summed E-state index contributed by atoms with van der Waals surface area (Å²) in [7, 11) is 0. The van der Waals surface area contributed by atoms with Crippen LogP contribution in [0.15, 0.2) is 18.7 Å². The van der Waals surface area contributed by atoms with Gasteiger partial charge in [0.2, 0.25) is 0 Å². The van der Waals surface area contributed by atoms with Crippen LogP contribution in [0.25, 0.3) is 0 Å². The molecule has 0 aromatic carbocycles. The van der Waals surface area contributed by atoms with Crippen molar-refractivity contribution in [2.45, 2.75) is 19.9 Å². The summed E-state index contributed by atoms with van der Waals surface area (Å²) in [5.41, 5.74) is 6.55. The van der Waals surface area contributed by atoms with Gasteiger partial charge in [-0.1, -0.05) is 0 Å². The smallest absolute Gasteiger partial charge is 0.115 e. The minimum atomic E-state index is 0.426. The molecular formula is C9H16N4. The van der Waals surface area contributed by atoms with Gasteiger partial charge in [-0.25, -0.2) is 9.97 Å². The molecule has 0 aliphatic rings. The molecule has 0 saturated heterocycles. The maximum atomic E-state index is 5.52. The molecule has 0 atom stereocenters. The quantitative estimate of drug-likeness (QED) is 0.739. The summed E-state index contributed by atoms with van der Waals surface area (Å²) < 4.78 is 0. The molecule has 0 saturated carbocycles. The van der Waals surface area contributed by atoms with Gasteiger partial charge in [0.05, 0.1) is 18.1 Å². The lowest BCUT2D eigenvalue weighted by Crippen LogP contribution is -2.35. The zero-order valence-corrected chi connectivity index (χ0v) is 8.14. The molecule has 1 heterocycles. The molecule has 2 N–H and O–H groups in total. The van der Waals surface area contributed by atoms with Gasteiger partial charge in [-0.15, -0.1) is 0 Å². The first kappa shape index (κ1) is 9.92. The van der Waals surface area contributed by atoms with E-state index in [2.05, 4.69) is 28.7 Å². The van der Waals surface area contributed by atoms with Crippen LogP contribution in [0.2, 0.25) is 0 Å². The van der Waals surface area contributed by atoms with Crippen molar-refractivity contribution in [3.8, 4) is 0 Å². The molecule has 0 spiro atoms. The summed E-state index contributed by atoms with van der Waals surface area (Å²) in [5.74, 6) is 0. The maximum absolute atomic E-state index is 5.52. The Morgan fingerprint density at radius 2 is 2.00 bits per heavy atom. The minimum Gasteiger partial charge on any atom is -0.365 e. The molecule has 0 bridgehead atoms. The number of aromatic nitrogens is 2. The van der Waals surface area contributed by atoms with E-state index in [1.54, 1.807) is 0 Å². The fraction of sp³-hybridized carbons (Fsp3) is 0.556. The van der Waals surface area contributed by atoms with Crippen LogP contribution in [-0.4, -0.2) is 29.1 Å². The molecular weight excluding hydrogens is 164 g/mol. The van der Waals surface area contributed by atoms with E-state index in [0.29, 0.717) is 12.6 Å². The van der Waals surface area contributed by atoms with Crippen LogP contribution in [0, 0.1) is 0 Å². The average molecular weight is 180 g/mol. The molecule has 4 heteroatoms. The first-order valence-electron chi connectivity index (χ1n) is 4.47. The van der Waals surface area contributed by atoms with Crippen LogP contribution in [0.4, 0.5) is 5.69 Å². The number of hydrogen-bond acceptors (Lipinski definition) is 4. The van der Waals surface area contributed by atoms with Gasteiger partial charge in [-0.05, 0) is 13.8 Å². The largest absolute Gasteiger partial charge is 0.365 e. The van der Waals surface area contributed by atoms with E-state index in [9.17, 15) is 0 Å². The van der Waals surface area contributed by atoms with E-state index in [0.717, 1.165) is 12.2 Å². The topological polar surface area (TPSA) is 55.0 Å². The van der Waals surface area contributed by atoms with Crippen molar-refractivity contribution in [1.82, 2.24) is 9.97 Å². The molecule has 0 aliphatic heterocycles. The van der Waals surface area contributed by atoms with Crippen molar-refractivity contribution in [3.63, 3.8) is 0 Å². The van der Waals surface area contributed by atoms with Crippen LogP contribution in [0.3, 0.4) is 0 Å². The Balaban J connectivity index is 2.76. The second-order valence-electron chi connectivity index (χ2n) is 3.17. The van der Waals surface area contributed by atoms with Gasteiger partial charge >= 0.3 is 0 Å². The summed E-state index contributed by atoms with van der Waals surface area (Å²) in [6.07, 6.45) is 5.15. The van der Waals surface area contributed by atoms with E-state index in [4.69, 9.17) is 5.73 Å². The van der Waals surface area contributed by atoms with Crippen LogP contribution in [-0.2, 0) is 0 Å². The van der Waals surface area contributed by atoms with E-state index in [-0.39, 0.29) is 0 Å². The van der Waals surface area contributed by atoms with Crippen molar-refractivity contribution in [2.24, 2.45) is 5.73 Å². The van der Waals surface area contributed by atoms with E-state index >= 15 is 0 Å². The third-order valence-electron chi connectivity index (χ3n) is 1.87. The first-order chi connectivity index (χ1) is 6.25. The SMILES string of the molecule is CC(C)N(CCN)c1cncnc1. The zero-order chi connectivity index (χ0) is 9.68. The van der Waals surface area contributed by atoms with E-state index in [1.165, 1.54) is 6.33 Å². The normalized spacial score (nSPS) is 10.5. The fourth-order valence-electron chi connectivity index (χ4n) is 1.26. The molecule has 0 unspecified atom stereocenters. The summed E-state index contributed by atoms with van der Waals surface area (Å²) in [6, 6.07) is 0.426. The highest BCUT2D eigenvalue weighted by Gasteiger charge is 2.08. The third-order valence-corrected chi connectivity index (χ3v) is 1.87. The van der Waals surface area contributed by atoms with Gasteiger partial charge in [0.1, 0.15) is 6.33 Å². The second kappa shape index (κ2) is 4.77. The Morgan fingerprint density at radius 3 is 2.46 bits per heavy atom. The monoisotopic (exact) mass is 180 g/mol. The van der Waals surface area contributed by atoms with Crippen LogP contribution in [0.5, 0.6) is 0 Å². The van der Waals surface area contributed by atoms with Gasteiger partial charge in [-0.3, -0.25) is 0 Å². The van der Waals surface area contributed by atoms with Crippen molar-refractivity contribution in [2.75, 3.05) is 18.0 Å². The van der Waals surface area contributed by atoms with Gasteiger partial charge in [0, 0.05) is 19.1 Å². The Bertz CT molecular complexity index is 235. The third kappa shape index (κ3) is 2.66. The molecule has 1 aromatic rings. The summed E-state index contributed by atoms with van der Waals surface area (Å²) >= 11 is 0. The molecule has 72 valence electrons. The Hall–Kier alpha value is -1.16. The summed E-state index contributed by atoms with van der Waals surface area (Å²) in [6.45, 7) is 5.74. The predicted octanol–water partition coefficient (Wildman–Crippen LogP) is 0.650. The maximum Gasteiger partial charge on any atom is 0.115 e. The van der Waals surface area contributed by atoms with Crippen LogP contribution >= 0.6 is 0 Å².